The number of rotatable bonds is 1. The van der Waals surface area contributed by atoms with Gasteiger partial charge in [-0.05, 0) is 12.8 Å². The molecule has 6 nitrogen and oxygen atoms in total. The van der Waals surface area contributed by atoms with Gasteiger partial charge in [0.1, 0.15) is 17.5 Å². The van der Waals surface area contributed by atoms with Crippen LogP contribution in [0.3, 0.4) is 0 Å². The van der Waals surface area contributed by atoms with Crippen LogP contribution in [0.5, 0.6) is 0 Å². The number of ketones is 1. The Hall–Kier alpha value is -1.50. The van der Waals surface area contributed by atoms with E-state index in [-0.39, 0.29) is 31.0 Å². The van der Waals surface area contributed by atoms with Gasteiger partial charge in [0, 0.05) is 42.6 Å². The highest BCUT2D eigenvalue weighted by atomic mass is 16.6. The molecule has 3 fully saturated rings. The molecule has 8 atom stereocenters. The van der Waals surface area contributed by atoms with Gasteiger partial charge in [0.2, 0.25) is 0 Å². The molecule has 0 aromatic heterocycles. The molecule has 1 heterocycles. The van der Waals surface area contributed by atoms with Crippen molar-refractivity contribution >= 4 is 11.8 Å². The van der Waals surface area contributed by atoms with Crippen LogP contribution in [-0.4, -0.2) is 51.0 Å². The topological polar surface area (TPSA) is 104 Å². The van der Waals surface area contributed by atoms with E-state index in [1.165, 1.54) is 0 Å². The van der Waals surface area contributed by atoms with Crippen LogP contribution in [0.4, 0.5) is 0 Å². The summed E-state index contributed by atoms with van der Waals surface area (Å²) in [6.07, 6.45) is -0.730. The van der Waals surface area contributed by atoms with E-state index in [9.17, 15) is 24.9 Å². The number of carbonyl (C=O) groups excluding carboxylic acids is 2. The zero-order valence-corrected chi connectivity index (χ0v) is 13.5. The van der Waals surface area contributed by atoms with Crippen molar-refractivity contribution in [3.05, 3.63) is 23.8 Å². The minimum Gasteiger partial charge on any atom is -0.458 e. The van der Waals surface area contributed by atoms with E-state index in [2.05, 4.69) is 6.58 Å². The lowest BCUT2D eigenvalue weighted by molar-refractivity contribution is -0.175. The molecule has 24 heavy (non-hydrogen) atoms. The quantitative estimate of drug-likeness (QED) is 0.464. The van der Waals surface area contributed by atoms with E-state index in [0.717, 1.165) is 0 Å². The third-order valence-corrected chi connectivity index (χ3v) is 6.42. The van der Waals surface area contributed by atoms with Crippen LogP contribution >= 0.6 is 0 Å². The van der Waals surface area contributed by atoms with Gasteiger partial charge >= 0.3 is 5.97 Å². The Labute approximate surface area is 139 Å². The second-order valence-electron chi connectivity index (χ2n) is 7.75. The third kappa shape index (κ3) is 1.87. The Balaban J connectivity index is 1.92. The lowest BCUT2D eigenvalue weighted by atomic mass is 9.59. The highest BCUT2D eigenvalue weighted by Crippen LogP contribution is 2.58. The first-order valence-corrected chi connectivity index (χ1v) is 8.43. The van der Waals surface area contributed by atoms with Gasteiger partial charge in [-0.2, -0.15) is 0 Å². The van der Waals surface area contributed by atoms with Crippen LogP contribution in [0, 0.1) is 23.7 Å². The zero-order valence-electron chi connectivity index (χ0n) is 13.5. The number of fused-ring (bicyclic) bond motifs is 2. The van der Waals surface area contributed by atoms with E-state index < -0.39 is 47.6 Å². The van der Waals surface area contributed by atoms with Gasteiger partial charge in [-0.25, -0.2) is 4.79 Å². The summed E-state index contributed by atoms with van der Waals surface area (Å²) in [5.41, 5.74) is -0.498. The van der Waals surface area contributed by atoms with Crippen LogP contribution in [-0.2, 0) is 14.3 Å². The molecule has 0 radical (unpaired) electrons. The maximum absolute atomic E-state index is 12.2. The molecule has 3 N–H and O–H groups in total. The number of ether oxygens (including phenoxy) is 1. The molecular weight excluding hydrogens is 312 g/mol. The first-order valence-electron chi connectivity index (χ1n) is 8.43. The van der Waals surface area contributed by atoms with Crippen molar-refractivity contribution in [1.29, 1.82) is 0 Å². The average molecular weight is 334 g/mol. The third-order valence-electron chi connectivity index (χ3n) is 6.42. The Bertz CT molecular complexity index is 666. The Kier molecular flexibility index (Phi) is 3.33. The number of aliphatic hydroxyl groups excluding tert-OH is 2. The van der Waals surface area contributed by atoms with Gasteiger partial charge in [-0.15, -0.1) is 0 Å². The summed E-state index contributed by atoms with van der Waals surface area (Å²) in [7, 11) is 0. The summed E-state index contributed by atoms with van der Waals surface area (Å²) in [5.74, 6) is -2.74. The highest BCUT2D eigenvalue weighted by Gasteiger charge is 2.67. The van der Waals surface area contributed by atoms with Gasteiger partial charge < -0.3 is 20.1 Å². The first kappa shape index (κ1) is 16.0. The maximum atomic E-state index is 12.2. The van der Waals surface area contributed by atoms with E-state index >= 15 is 0 Å². The minimum absolute atomic E-state index is 0.145. The molecule has 0 spiro atoms. The number of carbonyl (C=O) groups is 2. The molecule has 130 valence electrons. The Morgan fingerprint density at radius 1 is 1.33 bits per heavy atom. The van der Waals surface area contributed by atoms with Crippen LogP contribution in [0.25, 0.3) is 0 Å². The monoisotopic (exact) mass is 334 g/mol. The van der Waals surface area contributed by atoms with Crippen molar-refractivity contribution in [2.24, 2.45) is 23.7 Å². The summed E-state index contributed by atoms with van der Waals surface area (Å²) < 4.78 is 5.35. The van der Waals surface area contributed by atoms with E-state index in [1.54, 1.807) is 13.0 Å². The smallest absolute Gasteiger partial charge is 0.334 e. The standard InChI is InChI=1S/C18H22O6/c1-7(2)9-3-8(19)4-14(21)18(23)11(9)5-10-15-13(24-17(10)22)6-12(20)16(15)18/h5,9,11-16,20-21,23H,1,3-4,6H2,2H3/t9-,11-,12-,13+,14-,15+,16-,18-/m0/s1. The van der Waals surface area contributed by atoms with Gasteiger partial charge in [0.25, 0.3) is 0 Å². The second-order valence-corrected chi connectivity index (χ2v) is 7.75. The summed E-state index contributed by atoms with van der Waals surface area (Å²) in [5, 5.41) is 32.8. The van der Waals surface area contributed by atoms with Gasteiger partial charge in [0.15, 0.2) is 0 Å². The molecule has 1 aliphatic heterocycles. The van der Waals surface area contributed by atoms with Gasteiger partial charge in [0.05, 0.1) is 12.2 Å². The number of esters is 1. The summed E-state index contributed by atoms with van der Waals surface area (Å²) in [4.78, 5) is 24.4. The molecule has 0 amide bonds. The Morgan fingerprint density at radius 2 is 2.04 bits per heavy atom. The van der Waals surface area contributed by atoms with Crippen molar-refractivity contribution < 1.29 is 29.6 Å². The molecule has 6 heteroatoms. The lowest BCUT2D eigenvalue weighted by Crippen LogP contribution is -2.61. The molecule has 0 aromatic carbocycles. The summed E-state index contributed by atoms with van der Waals surface area (Å²) in [6.45, 7) is 5.71. The number of hydrogen-bond donors (Lipinski definition) is 3. The van der Waals surface area contributed by atoms with Crippen molar-refractivity contribution in [3.63, 3.8) is 0 Å². The second kappa shape index (κ2) is 5.00. The van der Waals surface area contributed by atoms with Gasteiger partial charge in [-0.1, -0.05) is 18.2 Å². The molecule has 4 rings (SSSR count). The molecule has 0 bridgehead atoms. The van der Waals surface area contributed by atoms with Crippen LogP contribution in [0.15, 0.2) is 23.8 Å². The van der Waals surface area contributed by atoms with E-state index in [4.69, 9.17) is 4.74 Å². The maximum Gasteiger partial charge on any atom is 0.334 e. The molecule has 1 saturated heterocycles. The van der Waals surface area contributed by atoms with Gasteiger partial charge in [-0.3, -0.25) is 4.79 Å². The number of aliphatic hydroxyl groups is 3. The number of Topliss-reactive ketones (excluding diaryl/α,β-unsaturated/α-hetero) is 1. The molecule has 3 aliphatic carbocycles. The van der Waals surface area contributed by atoms with Crippen molar-refractivity contribution in [2.75, 3.05) is 0 Å². The summed E-state index contributed by atoms with van der Waals surface area (Å²) in [6, 6.07) is 0. The van der Waals surface area contributed by atoms with Crippen LogP contribution in [0.2, 0.25) is 0 Å². The Morgan fingerprint density at radius 3 is 2.71 bits per heavy atom. The zero-order chi connectivity index (χ0) is 17.4. The van der Waals surface area contributed by atoms with Crippen molar-refractivity contribution in [3.8, 4) is 0 Å². The SMILES string of the molecule is C=C(C)[C@@H]1CC(=O)C[C@H](O)[C@]2(O)[C@@H]3[C@@H]4C(=C[C@@H]12)C(=O)O[C@@H]4C[C@@H]3O. The summed E-state index contributed by atoms with van der Waals surface area (Å²) >= 11 is 0. The molecule has 0 unspecified atom stereocenters. The fourth-order valence-corrected chi connectivity index (χ4v) is 5.38. The number of allylic oxidation sites excluding steroid dienone is 1. The largest absolute Gasteiger partial charge is 0.458 e. The average Bonchev–Trinajstić information content (AvgIpc) is 2.93. The highest BCUT2D eigenvalue weighted by molar-refractivity contribution is 5.92. The molecule has 2 saturated carbocycles. The number of hydrogen-bond acceptors (Lipinski definition) is 6. The van der Waals surface area contributed by atoms with E-state index in [1.807, 2.05) is 0 Å². The fourth-order valence-electron chi connectivity index (χ4n) is 5.38. The fraction of sp³-hybridized carbons (Fsp3) is 0.667. The van der Waals surface area contributed by atoms with Crippen LogP contribution in [0.1, 0.15) is 26.2 Å². The normalized spacial score (nSPS) is 49.8. The molecular formula is C18H22O6. The lowest BCUT2D eigenvalue weighted by Gasteiger charge is -2.49. The van der Waals surface area contributed by atoms with Crippen molar-refractivity contribution in [1.82, 2.24) is 0 Å². The van der Waals surface area contributed by atoms with Crippen LogP contribution < -0.4 is 0 Å². The van der Waals surface area contributed by atoms with E-state index in [0.29, 0.717) is 11.1 Å². The predicted octanol–water partition coefficient (Wildman–Crippen LogP) is 0.112. The predicted molar refractivity (Wildman–Crippen MR) is 82.6 cm³/mol. The molecule has 0 aromatic rings. The minimum atomic E-state index is -1.67. The molecule has 4 aliphatic rings. The first-order chi connectivity index (χ1) is 11.2. The van der Waals surface area contributed by atoms with Crippen molar-refractivity contribution in [2.45, 2.75) is 50.1 Å².